The summed E-state index contributed by atoms with van der Waals surface area (Å²) in [5.74, 6) is -5.48. The van der Waals surface area contributed by atoms with Crippen molar-refractivity contribution in [3.05, 3.63) is 71.1 Å². The predicted molar refractivity (Wildman–Crippen MR) is 83.0 cm³/mol. The molecule has 7 heteroatoms. The number of hydrogen-bond acceptors (Lipinski definition) is 3. The molecule has 1 aromatic heterocycles. The number of hydrogen-bond donors (Lipinski definition) is 0. The van der Waals surface area contributed by atoms with Crippen molar-refractivity contribution in [2.45, 2.75) is 11.5 Å². The predicted octanol–water partition coefficient (Wildman–Crippen LogP) is 4.04. The lowest BCUT2D eigenvalue weighted by Crippen LogP contribution is -2.34. The van der Waals surface area contributed by atoms with Gasteiger partial charge in [-0.1, -0.05) is 18.2 Å². The summed E-state index contributed by atoms with van der Waals surface area (Å²) >= 11 is 0. The van der Waals surface area contributed by atoms with Crippen molar-refractivity contribution in [3.63, 3.8) is 0 Å². The molecule has 1 atom stereocenters. The van der Waals surface area contributed by atoms with Gasteiger partial charge in [-0.05, 0) is 23.8 Å². The van der Waals surface area contributed by atoms with Gasteiger partial charge in [0.2, 0.25) is 0 Å². The second kappa shape index (κ2) is 6.57. The second-order valence-electron chi connectivity index (χ2n) is 5.65. The number of rotatable bonds is 6. The summed E-state index contributed by atoms with van der Waals surface area (Å²) in [5.41, 5.74) is -2.47. The van der Waals surface area contributed by atoms with E-state index in [1.165, 1.54) is 19.4 Å². The number of aromatic nitrogens is 1. The molecule has 1 fully saturated rings. The number of ether oxygens (including phenoxy) is 2. The van der Waals surface area contributed by atoms with Gasteiger partial charge in [0.15, 0.2) is 5.60 Å². The minimum absolute atomic E-state index is 0.375. The zero-order chi connectivity index (χ0) is 18.1. The molecule has 1 saturated heterocycles. The molecule has 1 aliphatic rings. The Labute approximate surface area is 141 Å². The number of nitrogens with zero attached hydrogens (tertiary/aromatic N) is 1. The van der Waals surface area contributed by atoms with Crippen LogP contribution in [0.4, 0.5) is 17.6 Å². The second-order valence-corrected chi connectivity index (χ2v) is 5.65. The molecule has 132 valence electrons. The first kappa shape index (κ1) is 17.6. The highest BCUT2D eigenvalue weighted by atomic mass is 19.3. The molecule has 0 bridgehead atoms. The third-order valence-corrected chi connectivity index (χ3v) is 3.99. The van der Waals surface area contributed by atoms with Crippen molar-refractivity contribution in [1.82, 2.24) is 4.98 Å². The highest BCUT2D eigenvalue weighted by molar-refractivity contribution is 5.48. The van der Waals surface area contributed by atoms with Crippen LogP contribution in [0.1, 0.15) is 16.8 Å². The van der Waals surface area contributed by atoms with Crippen LogP contribution < -0.4 is 0 Å². The fraction of sp³-hybridized carbons (Fsp3) is 0.278. The Bertz CT molecular complexity index is 786. The fourth-order valence-corrected chi connectivity index (χ4v) is 2.57. The van der Waals surface area contributed by atoms with E-state index in [0.29, 0.717) is 18.2 Å². The summed E-state index contributed by atoms with van der Waals surface area (Å²) in [5, 5.41) is 0. The normalized spacial score (nSPS) is 20.2. The van der Waals surface area contributed by atoms with Gasteiger partial charge >= 0.3 is 5.92 Å². The van der Waals surface area contributed by atoms with Crippen molar-refractivity contribution in [2.75, 3.05) is 20.3 Å². The molecule has 3 rings (SSSR count). The minimum atomic E-state index is -3.57. The molecule has 0 saturated carbocycles. The first-order chi connectivity index (χ1) is 11.9. The van der Waals surface area contributed by atoms with E-state index in [9.17, 15) is 17.6 Å². The van der Waals surface area contributed by atoms with Crippen LogP contribution >= 0.6 is 0 Å². The average Bonchev–Trinajstić information content (AvgIpc) is 3.38. The van der Waals surface area contributed by atoms with Gasteiger partial charge in [-0.15, -0.1) is 0 Å². The first-order valence-corrected chi connectivity index (χ1v) is 7.50. The summed E-state index contributed by atoms with van der Waals surface area (Å²) in [6.07, 6.45) is 4.68. The molecule has 0 amide bonds. The van der Waals surface area contributed by atoms with Gasteiger partial charge in [0.1, 0.15) is 17.3 Å². The first-order valence-electron chi connectivity index (χ1n) is 7.50. The standard InChI is InChI=1S/C18H15F4NO2/c1-24-8-2-3-12-4-7-16(23-10-12)18(21,22)17(11-25-17)14-6-5-13(19)9-15(14)20/h2-7,9-10H,8,11H2,1H3/b3-2+. The number of halogens is 4. The topological polar surface area (TPSA) is 34.6 Å². The molecule has 2 heterocycles. The van der Waals surface area contributed by atoms with Crippen LogP contribution in [0.2, 0.25) is 0 Å². The molecule has 0 aliphatic carbocycles. The highest BCUT2D eigenvalue weighted by Crippen LogP contribution is 2.56. The Morgan fingerprint density at radius 3 is 2.60 bits per heavy atom. The van der Waals surface area contributed by atoms with E-state index < -0.39 is 28.9 Å². The van der Waals surface area contributed by atoms with E-state index >= 15 is 0 Å². The molecular weight excluding hydrogens is 338 g/mol. The van der Waals surface area contributed by atoms with E-state index in [2.05, 4.69) is 4.98 Å². The fourth-order valence-electron chi connectivity index (χ4n) is 2.57. The van der Waals surface area contributed by atoms with Crippen LogP contribution in [0.3, 0.4) is 0 Å². The van der Waals surface area contributed by atoms with Gasteiger partial charge in [0.25, 0.3) is 0 Å². The molecule has 0 radical (unpaired) electrons. The van der Waals surface area contributed by atoms with E-state index in [-0.39, 0.29) is 12.2 Å². The highest BCUT2D eigenvalue weighted by Gasteiger charge is 2.68. The number of epoxide rings is 1. The van der Waals surface area contributed by atoms with E-state index in [0.717, 1.165) is 18.2 Å². The van der Waals surface area contributed by atoms with Gasteiger partial charge in [-0.25, -0.2) is 8.78 Å². The van der Waals surface area contributed by atoms with Crippen molar-refractivity contribution in [3.8, 4) is 0 Å². The maximum atomic E-state index is 14.9. The molecule has 1 aromatic carbocycles. The third-order valence-electron chi connectivity index (χ3n) is 3.99. The number of alkyl halides is 2. The largest absolute Gasteiger partial charge is 0.381 e. The van der Waals surface area contributed by atoms with Crippen molar-refractivity contribution in [1.29, 1.82) is 0 Å². The van der Waals surface area contributed by atoms with Crippen molar-refractivity contribution in [2.24, 2.45) is 0 Å². The van der Waals surface area contributed by atoms with Gasteiger partial charge in [0.05, 0.1) is 13.2 Å². The number of benzene rings is 1. The zero-order valence-electron chi connectivity index (χ0n) is 13.3. The lowest BCUT2D eigenvalue weighted by Gasteiger charge is -2.24. The molecule has 0 N–H and O–H groups in total. The molecular formula is C18H15F4NO2. The van der Waals surface area contributed by atoms with E-state index in [4.69, 9.17) is 9.47 Å². The Morgan fingerprint density at radius 2 is 2.04 bits per heavy atom. The summed E-state index contributed by atoms with van der Waals surface area (Å²) in [6.45, 7) is 0.0123. The maximum absolute atomic E-state index is 14.9. The van der Waals surface area contributed by atoms with Crippen LogP contribution in [0, 0.1) is 11.6 Å². The van der Waals surface area contributed by atoms with Crippen LogP contribution in [-0.4, -0.2) is 25.3 Å². The monoisotopic (exact) mass is 353 g/mol. The summed E-state index contributed by atoms with van der Waals surface area (Å²) in [4.78, 5) is 3.79. The lowest BCUT2D eigenvalue weighted by molar-refractivity contribution is -0.0901. The zero-order valence-corrected chi connectivity index (χ0v) is 13.3. The average molecular weight is 353 g/mol. The van der Waals surface area contributed by atoms with Gasteiger partial charge < -0.3 is 9.47 Å². The molecule has 1 aliphatic heterocycles. The van der Waals surface area contributed by atoms with Gasteiger partial charge in [0, 0.05) is 24.9 Å². The summed E-state index contributed by atoms with van der Waals surface area (Å²) < 4.78 is 66.7. The molecule has 0 spiro atoms. The quantitative estimate of drug-likeness (QED) is 0.581. The lowest BCUT2D eigenvalue weighted by atomic mass is 9.90. The third kappa shape index (κ3) is 3.17. The Morgan fingerprint density at radius 1 is 1.28 bits per heavy atom. The summed E-state index contributed by atoms with van der Waals surface area (Å²) in [7, 11) is 1.54. The summed E-state index contributed by atoms with van der Waals surface area (Å²) in [6, 6.07) is 5.10. The molecule has 2 aromatic rings. The molecule has 1 unspecified atom stereocenters. The van der Waals surface area contributed by atoms with Crippen molar-refractivity contribution < 1.29 is 27.0 Å². The Kier molecular flexibility index (Phi) is 4.62. The number of methoxy groups -OCH3 is 1. The van der Waals surface area contributed by atoms with Crippen LogP contribution in [0.5, 0.6) is 0 Å². The van der Waals surface area contributed by atoms with Gasteiger partial charge in [-0.3, -0.25) is 4.98 Å². The SMILES string of the molecule is COC/C=C/c1ccc(C(F)(F)C2(c3ccc(F)cc3F)CO2)nc1. The smallest absolute Gasteiger partial charge is 0.324 e. The van der Waals surface area contributed by atoms with Crippen molar-refractivity contribution >= 4 is 6.08 Å². The molecule has 25 heavy (non-hydrogen) atoms. The Balaban J connectivity index is 1.90. The van der Waals surface area contributed by atoms with E-state index in [1.54, 1.807) is 12.2 Å². The van der Waals surface area contributed by atoms with E-state index in [1.807, 2.05) is 0 Å². The minimum Gasteiger partial charge on any atom is -0.381 e. The van der Waals surface area contributed by atoms with Crippen LogP contribution in [-0.2, 0) is 21.0 Å². The molecule has 3 nitrogen and oxygen atoms in total. The Hall–Kier alpha value is -2.25. The number of pyridine rings is 1. The van der Waals surface area contributed by atoms with Crippen LogP contribution in [0.15, 0.2) is 42.6 Å². The van der Waals surface area contributed by atoms with Crippen LogP contribution in [0.25, 0.3) is 6.08 Å². The van der Waals surface area contributed by atoms with Gasteiger partial charge in [-0.2, -0.15) is 8.78 Å². The maximum Gasteiger partial charge on any atom is 0.324 e.